The van der Waals surface area contributed by atoms with Crippen LogP contribution in [-0.2, 0) is 0 Å². The molecule has 1 atom stereocenters. The van der Waals surface area contributed by atoms with E-state index in [-0.39, 0.29) is 6.04 Å². The third-order valence-corrected chi connectivity index (χ3v) is 2.50. The van der Waals surface area contributed by atoms with Crippen LogP contribution in [0.5, 0.6) is 0 Å². The van der Waals surface area contributed by atoms with Crippen molar-refractivity contribution in [3.05, 3.63) is 21.9 Å². The second-order valence-electron chi connectivity index (χ2n) is 2.51. The fourth-order valence-electron chi connectivity index (χ4n) is 0.894. The molecule has 0 spiro atoms. The van der Waals surface area contributed by atoms with Gasteiger partial charge in [-0.2, -0.15) is 0 Å². The van der Waals surface area contributed by atoms with E-state index in [9.17, 15) is 0 Å². The quantitative estimate of drug-likeness (QED) is 0.697. The van der Waals surface area contributed by atoms with Crippen molar-refractivity contribution < 1.29 is 0 Å². The van der Waals surface area contributed by atoms with Crippen LogP contribution in [0.3, 0.4) is 0 Å². The standard InChI is InChI=1S/C8H13NS/c1-3-8(9)7-4-6(2)10-5-7/h4-5,8H,3,9H2,1-2H3. The Morgan fingerprint density at radius 3 is 2.80 bits per heavy atom. The Morgan fingerprint density at radius 1 is 1.70 bits per heavy atom. The lowest BCUT2D eigenvalue weighted by Crippen LogP contribution is -2.06. The van der Waals surface area contributed by atoms with E-state index in [1.54, 1.807) is 11.3 Å². The molecule has 2 heteroatoms. The third-order valence-electron chi connectivity index (χ3n) is 1.62. The maximum atomic E-state index is 5.81. The molecule has 0 aliphatic heterocycles. The summed E-state index contributed by atoms with van der Waals surface area (Å²) < 4.78 is 0. The molecule has 1 nitrogen and oxygen atoms in total. The minimum atomic E-state index is 0.241. The van der Waals surface area contributed by atoms with Crippen molar-refractivity contribution in [2.45, 2.75) is 26.3 Å². The van der Waals surface area contributed by atoms with Crippen molar-refractivity contribution in [1.82, 2.24) is 0 Å². The van der Waals surface area contributed by atoms with Gasteiger partial charge in [0.15, 0.2) is 0 Å². The van der Waals surface area contributed by atoms with E-state index in [0.29, 0.717) is 0 Å². The Balaban J connectivity index is 2.74. The highest BCUT2D eigenvalue weighted by Crippen LogP contribution is 2.20. The summed E-state index contributed by atoms with van der Waals surface area (Å²) in [4.78, 5) is 1.35. The lowest BCUT2D eigenvalue weighted by Gasteiger charge is -2.03. The highest BCUT2D eigenvalue weighted by Gasteiger charge is 2.03. The Morgan fingerprint density at radius 2 is 2.40 bits per heavy atom. The van der Waals surface area contributed by atoms with Gasteiger partial charge < -0.3 is 5.73 Å². The normalized spacial score (nSPS) is 13.5. The molecule has 0 bridgehead atoms. The van der Waals surface area contributed by atoms with E-state index < -0.39 is 0 Å². The van der Waals surface area contributed by atoms with Gasteiger partial charge in [0.2, 0.25) is 0 Å². The van der Waals surface area contributed by atoms with Gasteiger partial charge in [-0.25, -0.2) is 0 Å². The zero-order valence-corrected chi connectivity index (χ0v) is 7.24. The molecule has 0 fully saturated rings. The molecule has 0 aromatic carbocycles. The maximum Gasteiger partial charge on any atom is 0.0300 e. The zero-order chi connectivity index (χ0) is 7.56. The van der Waals surface area contributed by atoms with Crippen LogP contribution in [0.4, 0.5) is 0 Å². The summed E-state index contributed by atoms with van der Waals surface area (Å²) >= 11 is 1.77. The van der Waals surface area contributed by atoms with Crippen LogP contribution in [0.2, 0.25) is 0 Å². The van der Waals surface area contributed by atoms with Gasteiger partial charge in [0.25, 0.3) is 0 Å². The number of thiophene rings is 1. The van der Waals surface area contributed by atoms with Crippen molar-refractivity contribution in [1.29, 1.82) is 0 Å². The first-order chi connectivity index (χ1) is 4.74. The van der Waals surface area contributed by atoms with E-state index in [4.69, 9.17) is 5.73 Å². The lowest BCUT2D eigenvalue weighted by atomic mass is 10.1. The summed E-state index contributed by atoms with van der Waals surface area (Å²) in [6.07, 6.45) is 1.02. The molecule has 1 aromatic heterocycles. The molecule has 1 aromatic rings. The van der Waals surface area contributed by atoms with Gasteiger partial charge in [0.1, 0.15) is 0 Å². The number of nitrogens with two attached hydrogens (primary N) is 1. The molecule has 0 radical (unpaired) electrons. The summed E-state index contributed by atoms with van der Waals surface area (Å²) in [6.45, 7) is 4.22. The molecule has 0 saturated heterocycles. The van der Waals surface area contributed by atoms with Gasteiger partial charge in [-0.1, -0.05) is 6.92 Å². The maximum absolute atomic E-state index is 5.81. The van der Waals surface area contributed by atoms with Crippen molar-refractivity contribution in [3.63, 3.8) is 0 Å². The summed E-state index contributed by atoms with van der Waals surface area (Å²) in [5, 5.41) is 2.14. The first kappa shape index (κ1) is 7.76. The predicted molar refractivity (Wildman–Crippen MR) is 46.3 cm³/mol. The molecule has 1 unspecified atom stereocenters. The first-order valence-electron chi connectivity index (χ1n) is 3.54. The fourth-order valence-corrected chi connectivity index (χ4v) is 1.66. The smallest absolute Gasteiger partial charge is 0.0300 e. The van der Waals surface area contributed by atoms with Gasteiger partial charge in [-0.05, 0) is 30.4 Å². The second-order valence-corrected chi connectivity index (χ2v) is 3.62. The average Bonchev–Trinajstić information content (AvgIpc) is 2.34. The zero-order valence-electron chi connectivity index (χ0n) is 6.42. The van der Waals surface area contributed by atoms with E-state index in [1.165, 1.54) is 10.4 Å². The fraction of sp³-hybridized carbons (Fsp3) is 0.500. The molecule has 2 N–H and O–H groups in total. The summed E-state index contributed by atoms with van der Waals surface area (Å²) in [7, 11) is 0. The van der Waals surface area contributed by atoms with Crippen molar-refractivity contribution in [2.75, 3.05) is 0 Å². The van der Waals surface area contributed by atoms with Crippen molar-refractivity contribution in [2.24, 2.45) is 5.73 Å². The van der Waals surface area contributed by atoms with Gasteiger partial charge in [0, 0.05) is 10.9 Å². The minimum absolute atomic E-state index is 0.241. The monoisotopic (exact) mass is 155 g/mol. The molecule has 1 rings (SSSR count). The summed E-state index contributed by atoms with van der Waals surface area (Å²) in [6, 6.07) is 2.41. The minimum Gasteiger partial charge on any atom is -0.324 e. The Bertz CT molecular complexity index is 205. The Hall–Kier alpha value is -0.340. The largest absolute Gasteiger partial charge is 0.324 e. The predicted octanol–water partition coefficient (Wildman–Crippen LogP) is 2.47. The van der Waals surface area contributed by atoms with Gasteiger partial charge >= 0.3 is 0 Å². The second kappa shape index (κ2) is 3.17. The van der Waals surface area contributed by atoms with Crippen molar-refractivity contribution in [3.8, 4) is 0 Å². The van der Waals surface area contributed by atoms with E-state index >= 15 is 0 Å². The average molecular weight is 155 g/mol. The summed E-state index contributed by atoms with van der Waals surface area (Å²) in [5.74, 6) is 0. The van der Waals surface area contributed by atoms with Crippen LogP contribution < -0.4 is 5.73 Å². The first-order valence-corrected chi connectivity index (χ1v) is 4.42. The van der Waals surface area contributed by atoms with Crippen LogP contribution in [0, 0.1) is 6.92 Å². The third kappa shape index (κ3) is 1.58. The Kier molecular flexibility index (Phi) is 2.46. The van der Waals surface area contributed by atoms with E-state index in [2.05, 4.69) is 25.3 Å². The van der Waals surface area contributed by atoms with Gasteiger partial charge in [-0.15, -0.1) is 11.3 Å². The highest BCUT2D eigenvalue weighted by molar-refractivity contribution is 7.10. The van der Waals surface area contributed by atoms with Crippen LogP contribution in [0.15, 0.2) is 11.4 Å². The Labute approximate surface area is 65.9 Å². The van der Waals surface area contributed by atoms with Gasteiger partial charge in [-0.3, -0.25) is 0 Å². The molecule has 56 valence electrons. The molecular formula is C8H13NS. The van der Waals surface area contributed by atoms with Crippen LogP contribution in [0.25, 0.3) is 0 Å². The molecular weight excluding hydrogens is 142 g/mol. The van der Waals surface area contributed by atoms with E-state index in [1.807, 2.05) is 0 Å². The lowest BCUT2D eigenvalue weighted by molar-refractivity contribution is 0.701. The molecule has 10 heavy (non-hydrogen) atoms. The van der Waals surface area contributed by atoms with Crippen LogP contribution in [-0.4, -0.2) is 0 Å². The molecule has 1 heterocycles. The van der Waals surface area contributed by atoms with E-state index in [0.717, 1.165) is 6.42 Å². The number of hydrogen-bond acceptors (Lipinski definition) is 2. The number of hydrogen-bond donors (Lipinski definition) is 1. The summed E-state index contributed by atoms with van der Waals surface area (Å²) in [5.41, 5.74) is 7.10. The molecule has 0 saturated carbocycles. The van der Waals surface area contributed by atoms with Crippen molar-refractivity contribution >= 4 is 11.3 Å². The topological polar surface area (TPSA) is 26.0 Å². The highest BCUT2D eigenvalue weighted by atomic mass is 32.1. The number of rotatable bonds is 2. The van der Waals surface area contributed by atoms with Crippen LogP contribution >= 0.6 is 11.3 Å². The molecule has 0 aliphatic rings. The SMILES string of the molecule is CCC(N)c1csc(C)c1. The van der Waals surface area contributed by atoms with Crippen LogP contribution in [0.1, 0.15) is 29.8 Å². The molecule has 0 aliphatic carbocycles. The molecule has 0 amide bonds. The van der Waals surface area contributed by atoms with Gasteiger partial charge in [0.05, 0.1) is 0 Å². The number of aryl methyl sites for hydroxylation is 1.